The predicted octanol–water partition coefficient (Wildman–Crippen LogP) is 1.45. The van der Waals surface area contributed by atoms with E-state index in [9.17, 15) is 5.11 Å². The molecule has 2 rings (SSSR count). The summed E-state index contributed by atoms with van der Waals surface area (Å²) in [6.07, 6.45) is 9.07. The van der Waals surface area contributed by atoms with Crippen molar-refractivity contribution in [2.24, 2.45) is 0 Å². The molecule has 15 heavy (non-hydrogen) atoms. The van der Waals surface area contributed by atoms with Crippen molar-refractivity contribution in [1.82, 2.24) is 5.32 Å². The fourth-order valence-corrected chi connectivity index (χ4v) is 2.63. The highest BCUT2D eigenvalue weighted by Gasteiger charge is 2.27. The van der Waals surface area contributed by atoms with E-state index in [1.807, 2.05) is 0 Å². The van der Waals surface area contributed by atoms with Crippen LogP contribution in [0, 0.1) is 0 Å². The van der Waals surface area contributed by atoms with Gasteiger partial charge in [-0.15, -0.1) is 0 Å². The van der Waals surface area contributed by atoms with Crippen molar-refractivity contribution in [2.45, 2.75) is 63.1 Å². The molecule has 0 radical (unpaired) electrons. The lowest BCUT2D eigenvalue weighted by atomic mass is 9.96. The molecule has 2 fully saturated rings. The third-order valence-electron chi connectivity index (χ3n) is 3.61. The van der Waals surface area contributed by atoms with Crippen molar-refractivity contribution in [1.29, 1.82) is 0 Å². The van der Waals surface area contributed by atoms with Gasteiger partial charge in [0.25, 0.3) is 0 Å². The van der Waals surface area contributed by atoms with E-state index >= 15 is 0 Å². The van der Waals surface area contributed by atoms with Crippen molar-refractivity contribution in [2.75, 3.05) is 13.2 Å². The monoisotopic (exact) mass is 213 g/mol. The number of ether oxygens (including phenoxy) is 1. The molecule has 0 aromatic heterocycles. The van der Waals surface area contributed by atoms with E-state index in [4.69, 9.17) is 4.74 Å². The number of rotatable bonds is 2. The van der Waals surface area contributed by atoms with Crippen LogP contribution in [0.5, 0.6) is 0 Å². The Hall–Kier alpha value is -0.120. The zero-order chi connectivity index (χ0) is 10.5. The summed E-state index contributed by atoms with van der Waals surface area (Å²) in [4.78, 5) is 0. The molecule has 3 heteroatoms. The van der Waals surface area contributed by atoms with E-state index < -0.39 is 0 Å². The van der Waals surface area contributed by atoms with Crippen molar-refractivity contribution in [3.8, 4) is 0 Å². The summed E-state index contributed by atoms with van der Waals surface area (Å²) >= 11 is 0. The fraction of sp³-hybridized carbons (Fsp3) is 1.00. The predicted molar refractivity (Wildman–Crippen MR) is 59.9 cm³/mol. The molecule has 0 bridgehead atoms. The average molecular weight is 213 g/mol. The second kappa shape index (κ2) is 5.83. The lowest BCUT2D eigenvalue weighted by molar-refractivity contribution is 0.120. The van der Waals surface area contributed by atoms with Crippen LogP contribution in [0.3, 0.4) is 0 Å². The topological polar surface area (TPSA) is 41.5 Å². The van der Waals surface area contributed by atoms with Gasteiger partial charge in [-0.1, -0.05) is 32.1 Å². The molecule has 2 N–H and O–H groups in total. The second-order valence-corrected chi connectivity index (χ2v) is 4.92. The first-order valence-electron chi connectivity index (χ1n) is 6.38. The molecule has 1 aliphatic heterocycles. The molecule has 0 aromatic rings. The minimum Gasteiger partial charge on any atom is -0.389 e. The molecule has 1 saturated heterocycles. The van der Waals surface area contributed by atoms with Gasteiger partial charge < -0.3 is 15.2 Å². The zero-order valence-electron chi connectivity index (χ0n) is 9.45. The lowest BCUT2D eigenvalue weighted by Gasteiger charge is -2.25. The lowest BCUT2D eigenvalue weighted by Crippen LogP contribution is -2.45. The zero-order valence-corrected chi connectivity index (χ0v) is 9.45. The highest BCUT2D eigenvalue weighted by Crippen LogP contribution is 2.18. The van der Waals surface area contributed by atoms with Crippen LogP contribution in [0.15, 0.2) is 0 Å². The third-order valence-corrected chi connectivity index (χ3v) is 3.61. The van der Waals surface area contributed by atoms with E-state index in [-0.39, 0.29) is 12.1 Å². The Morgan fingerprint density at radius 3 is 2.20 bits per heavy atom. The van der Waals surface area contributed by atoms with E-state index in [0.29, 0.717) is 19.3 Å². The van der Waals surface area contributed by atoms with Crippen LogP contribution in [0.2, 0.25) is 0 Å². The minimum atomic E-state index is -0.296. The molecule has 88 valence electrons. The molecule has 0 aromatic carbocycles. The normalized spacial score (nSPS) is 35.0. The summed E-state index contributed by atoms with van der Waals surface area (Å²) < 4.78 is 5.25. The number of nitrogens with one attached hydrogen (secondary N) is 1. The molecule has 1 aliphatic carbocycles. The van der Waals surface area contributed by atoms with Crippen LogP contribution in [-0.2, 0) is 4.74 Å². The molecule has 1 saturated carbocycles. The Balaban J connectivity index is 1.75. The van der Waals surface area contributed by atoms with Crippen molar-refractivity contribution in [3.05, 3.63) is 0 Å². The second-order valence-electron chi connectivity index (χ2n) is 4.92. The summed E-state index contributed by atoms with van der Waals surface area (Å²) in [6.45, 7) is 1.18. The Kier molecular flexibility index (Phi) is 4.42. The minimum absolute atomic E-state index is 0.175. The summed E-state index contributed by atoms with van der Waals surface area (Å²) in [6, 6.07) is 0.779. The fourth-order valence-electron chi connectivity index (χ4n) is 2.63. The van der Waals surface area contributed by atoms with Crippen molar-refractivity contribution in [3.63, 3.8) is 0 Å². The van der Waals surface area contributed by atoms with Crippen LogP contribution in [0.25, 0.3) is 0 Å². The van der Waals surface area contributed by atoms with Gasteiger partial charge in [-0.05, 0) is 12.8 Å². The van der Waals surface area contributed by atoms with Gasteiger partial charge in [-0.3, -0.25) is 0 Å². The Morgan fingerprint density at radius 1 is 0.933 bits per heavy atom. The van der Waals surface area contributed by atoms with Gasteiger partial charge in [-0.25, -0.2) is 0 Å². The van der Waals surface area contributed by atoms with Gasteiger partial charge in [-0.2, -0.15) is 0 Å². The molecule has 3 nitrogen and oxygen atoms in total. The van der Waals surface area contributed by atoms with Crippen molar-refractivity contribution >= 4 is 0 Å². The summed E-state index contributed by atoms with van der Waals surface area (Å²) in [7, 11) is 0. The van der Waals surface area contributed by atoms with Gasteiger partial charge >= 0.3 is 0 Å². The largest absolute Gasteiger partial charge is 0.389 e. The summed E-state index contributed by atoms with van der Waals surface area (Å²) in [5.41, 5.74) is 0. The highest BCUT2D eigenvalue weighted by atomic mass is 16.5. The molecule has 0 spiro atoms. The maximum absolute atomic E-state index is 9.66. The van der Waals surface area contributed by atoms with E-state index in [2.05, 4.69) is 5.32 Å². The molecule has 1 heterocycles. The third kappa shape index (κ3) is 3.44. The average Bonchev–Trinajstić information content (AvgIpc) is 2.56. The highest BCUT2D eigenvalue weighted by molar-refractivity contribution is 4.84. The first-order chi connectivity index (χ1) is 7.36. The van der Waals surface area contributed by atoms with Gasteiger partial charge in [0.2, 0.25) is 0 Å². The van der Waals surface area contributed by atoms with Crippen LogP contribution in [-0.4, -0.2) is 36.5 Å². The number of hydrogen-bond acceptors (Lipinski definition) is 3. The van der Waals surface area contributed by atoms with Gasteiger partial charge in [0.15, 0.2) is 0 Å². The van der Waals surface area contributed by atoms with Gasteiger partial charge in [0.05, 0.1) is 25.4 Å². The molecule has 2 unspecified atom stereocenters. The van der Waals surface area contributed by atoms with E-state index in [1.165, 1.54) is 44.9 Å². The van der Waals surface area contributed by atoms with Crippen LogP contribution in [0.1, 0.15) is 44.9 Å². The maximum atomic E-state index is 9.66. The van der Waals surface area contributed by atoms with Crippen LogP contribution < -0.4 is 5.32 Å². The molecule has 2 atom stereocenters. The van der Waals surface area contributed by atoms with Gasteiger partial charge in [0, 0.05) is 6.04 Å². The SMILES string of the molecule is OC1COCC1NC1CCCCCCC1. The van der Waals surface area contributed by atoms with Crippen molar-refractivity contribution < 1.29 is 9.84 Å². The molecular formula is C12H23NO2. The Morgan fingerprint density at radius 2 is 1.60 bits per heavy atom. The molecule has 2 aliphatic rings. The Bertz CT molecular complexity index is 178. The first kappa shape index (κ1) is 11.4. The maximum Gasteiger partial charge on any atom is 0.0948 e. The quantitative estimate of drug-likeness (QED) is 0.729. The first-order valence-corrected chi connectivity index (χ1v) is 6.38. The smallest absolute Gasteiger partial charge is 0.0948 e. The standard InChI is InChI=1S/C12H23NO2/c14-12-9-15-8-11(12)13-10-6-4-2-1-3-5-7-10/h10-14H,1-9H2. The Labute approximate surface area is 92.2 Å². The van der Waals surface area contributed by atoms with E-state index in [0.717, 1.165) is 0 Å². The van der Waals surface area contributed by atoms with Crippen LogP contribution >= 0.6 is 0 Å². The number of hydrogen-bond donors (Lipinski definition) is 2. The summed E-state index contributed by atoms with van der Waals surface area (Å²) in [5, 5.41) is 13.2. The van der Waals surface area contributed by atoms with Gasteiger partial charge in [0.1, 0.15) is 0 Å². The summed E-state index contributed by atoms with van der Waals surface area (Å²) in [5.74, 6) is 0. The number of aliphatic hydroxyl groups excluding tert-OH is 1. The molecular weight excluding hydrogens is 190 g/mol. The molecule has 0 amide bonds. The van der Waals surface area contributed by atoms with E-state index in [1.54, 1.807) is 0 Å². The number of aliphatic hydroxyl groups is 1. The van der Waals surface area contributed by atoms with Crippen LogP contribution in [0.4, 0.5) is 0 Å².